The van der Waals surface area contributed by atoms with E-state index in [-0.39, 0.29) is 24.3 Å². The largest absolute Gasteiger partial charge is 0.496 e. The number of carbonyl (C=O) groups is 2. The minimum Gasteiger partial charge on any atom is -0.496 e. The Kier molecular flexibility index (Phi) is 15.3. The summed E-state index contributed by atoms with van der Waals surface area (Å²) in [6, 6.07) is 8.01. The zero-order valence-electron chi connectivity index (χ0n) is 27.5. The predicted octanol–water partition coefficient (Wildman–Crippen LogP) is 8.02. The van der Waals surface area contributed by atoms with Gasteiger partial charge in [0.15, 0.2) is 5.84 Å². The van der Waals surface area contributed by atoms with Gasteiger partial charge in [0.05, 0.1) is 24.2 Å². The molecule has 0 radical (unpaired) electrons. The molecule has 2 amide bonds. The molecule has 1 aromatic carbocycles. The smallest absolute Gasteiger partial charge is 0.236 e. The van der Waals surface area contributed by atoms with Crippen LogP contribution in [0.4, 0.5) is 0 Å². The molecule has 0 aromatic heterocycles. The Morgan fingerprint density at radius 1 is 1.18 bits per heavy atom. The lowest BCUT2D eigenvalue weighted by Crippen LogP contribution is -2.34. The van der Waals surface area contributed by atoms with Gasteiger partial charge in [0.1, 0.15) is 5.84 Å². The second-order valence-corrected chi connectivity index (χ2v) is 10.8. The van der Waals surface area contributed by atoms with Crippen LogP contribution in [-0.4, -0.2) is 40.2 Å². The molecule has 0 saturated heterocycles. The second-order valence-electron chi connectivity index (χ2n) is 10.8. The van der Waals surface area contributed by atoms with Crippen molar-refractivity contribution in [1.29, 1.82) is 0 Å². The fraction of sp³-hybridized carbons (Fsp3) is 0.351. The van der Waals surface area contributed by atoms with Crippen molar-refractivity contribution in [2.75, 3.05) is 0 Å². The van der Waals surface area contributed by atoms with Crippen LogP contribution in [0.5, 0.6) is 0 Å². The number of amidine groups is 2. The van der Waals surface area contributed by atoms with Gasteiger partial charge in [-0.2, -0.15) is 0 Å². The summed E-state index contributed by atoms with van der Waals surface area (Å²) in [4.78, 5) is 31.7. The molecule has 0 fully saturated rings. The third kappa shape index (κ3) is 10.4. The highest BCUT2D eigenvalue weighted by atomic mass is 16.5. The monoisotopic (exact) mass is 612 g/mol. The quantitative estimate of drug-likeness (QED) is 0.0288. The van der Waals surface area contributed by atoms with Gasteiger partial charge in [0.2, 0.25) is 12.3 Å². The molecule has 45 heavy (non-hydrogen) atoms. The maximum atomic E-state index is 13.8. The molecule has 8 heteroatoms. The van der Waals surface area contributed by atoms with Crippen LogP contribution in [0.3, 0.4) is 0 Å². The Morgan fingerprint density at radius 2 is 1.89 bits per heavy atom. The maximum Gasteiger partial charge on any atom is 0.236 e. The molecule has 1 atom stereocenters. The van der Waals surface area contributed by atoms with Crippen LogP contribution in [0.1, 0.15) is 78.4 Å². The van der Waals surface area contributed by atoms with Gasteiger partial charge in [0, 0.05) is 17.8 Å². The molecule has 240 valence electrons. The molecule has 0 aliphatic carbocycles. The van der Waals surface area contributed by atoms with Crippen LogP contribution in [0.15, 0.2) is 113 Å². The molecule has 1 heterocycles. The highest BCUT2D eigenvalue weighted by Crippen LogP contribution is 2.30. The number of allylic oxidation sites excluding steroid dienone is 8. The molecule has 1 aromatic rings. The predicted molar refractivity (Wildman–Crippen MR) is 184 cm³/mol. The molecule has 2 rings (SSSR count). The second kappa shape index (κ2) is 18.8. The van der Waals surface area contributed by atoms with Gasteiger partial charge in [-0.25, -0.2) is 4.99 Å². The summed E-state index contributed by atoms with van der Waals surface area (Å²) in [6.45, 7) is 19.7. The summed E-state index contributed by atoms with van der Waals surface area (Å²) in [5.74, 6) is 0.912. The standard InChI is InChI=1S/C37H48N4O4/c1-9-14-16-33(32(12-4)37(40-44)38-25-42)29-20-18-28(19-21-29)23-30-24-36(43)41(35(13-5)39-34(30)15-10-2)31(11-3)22-17-27(8)45-26(6)7/h9,11-12,14,16-22,25-26,32,44H,3-4,10,13,15,23-24H2,1-2,5-8H3,(H,38,40,42)/b14-9-,27-17+,31-22+,33-16-. The van der Waals surface area contributed by atoms with E-state index in [1.54, 1.807) is 17.1 Å². The molecule has 8 nitrogen and oxygen atoms in total. The third-order valence-corrected chi connectivity index (χ3v) is 7.08. The van der Waals surface area contributed by atoms with Gasteiger partial charge in [-0.3, -0.25) is 14.5 Å². The van der Waals surface area contributed by atoms with Crippen molar-refractivity contribution >= 4 is 29.6 Å². The zero-order valence-corrected chi connectivity index (χ0v) is 27.5. The van der Waals surface area contributed by atoms with E-state index >= 15 is 0 Å². The number of carbonyl (C=O) groups excluding carboxylic acids is 2. The fourth-order valence-electron chi connectivity index (χ4n) is 5.07. The van der Waals surface area contributed by atoms with Crippen molar-refractivity contribution in [2.24, 2.45) is 16.1 Å². The summed E-state index contributed by atoms with van der Waals surface area (Å²) >= 11 is 0. The maximum absolute atomic E-state index is 13.8. The Bertz CT molecular complexity index is 1420. The van der Waals surface area contributed by atoms with E-state index < -0.39 is 5.92 Å². The SMILES string of the molecule is C=C/C(=C\C=C(/C)OC(C)C)N1C(=O)CC(Cc2ccc(/C(=C/C=C\C)C(C=C)/C(=N/O)NC=O)cc2)=C(CCC)N=C1CC. The first-order chi connectivity index (χ1) is 21.7. The number of ether oxygens (including phenoxy) is 1. The van der Waals surface area contributed by atoms with Crippen molar-refractivity contribution in [3.8, 4) is 0 Å². The Hall–Kier alpha value is -4.72. The lowest BCUT2D eigenvalue weighted by molar-refractivity contribution is -0.125. The van der Waals surface area contributed by atoms with Crippen LogP contribution in [-0.2, 0) is 20.7 Å². The van der Waals surface area contributed by atoms with Gasteiger partial charge >= 0.3 is 0 Å². The number of hydrogen-bond donors (Lipinski definition) is 2. The lowest BCUT2D eigenvalue weighted by atomic mass is 9.89. The van der Waals surface area contributed by atoms with E-state index in [0.29, 0.717) is 30.8 Å². The summed E-state index contributed by atoms with van der Waals surface area (Å²) in [6.07, 6.45) is 16.2. The Labute approximate surface area is 268 Å². The minimum atomic E-state index is -0.545. The van der Waals surface area contributed by atoms with Crippen LogP contribution in [0.25, 0.3) is 5.57 Å². The number of hydrogen-bond acceptors (Lipinski definition) is 6. The van der Waals surface area contributed by atoms with Crippen molar-refractivity contribution in [2.45, 2.75) is 79.8 Å². The molecule has 1 aliphatic rings. The van der Waals surface area contributed by atoms with Crippen LogP contribution >= 0.6 is 0 Å². The van der Waals surface area contributed by atoms with E-state index in [1.807, 2.05) is 89.3 Å². The van der Waals surface area contributed by atoms with Crippen molar-refractivity contribution in [3.05, 3.63) is 114 Å². The number of amides is 2. The molecule has 0 bridgehead atoms. The van der Waals surface area contributed by atoms with Crippen molar-refractivity contribution in [1.82, 2.24) is 10.2 Å². The van der Waals surface area contributed by atoms with Gasteiger partial charge < -0.3 is 15.3 Å². The topological polar surface area (TPSA) is 104 Å². The van der Waals surface area contributed by atoms with E-state index in [4.69, 9.17) is 9.73 Å². The zero-order chi connectivity index (χ0) is 33.4. The third-order valence-electron chi connectivity index (χ3n) is 7.08. The number of benzene rings is 1. The van der Waals surface area contributed by atoms with Gasteiger partial charge in [-0.15, -0.1) is 6.58 Å². The fourth-order valence-corrected chi connectivity index (χ4v) is 5.07. The van der Waals surface area contributed by atoms with Gasteiger partial charge in [-0.1, -0.05) is 80.6 Å². The highest BCUT2D eigenvalue weighted by molar-refractivity contribution is 6.03. The first-order valence-corrected chi connectivity index (χ1v) is 15.4. The molecule has 0 saturated carbocycles. The summed E-state index contributed by atoms with van der Waals surface area (Å²) in [5, 5.41) is 15.2. The number of oxime groups is 1. The number of aliphatic imine (C=N–C) groups is 1. The minimum absolute atomic E-state index is 0.0531. The van der Waals surface area contributed by atoms with E-state index in [2.05, 4.69) is 30.6 Å². The summed E-state index contributed by atoms with van der Waals surface area (Å²) < 4.78 is 5.75. The van der Waals surface area contributed by atoms with E-state index in [0.717, 1.165) is 46.6 Å². The van der Waals surface area contributed by atoms with Crippen LogP contribution in [0.2, 0.25) is 0 Å². The normalized spacial score (nSPS) is 16.1. The number of nitrogens with zero attached hydrogens (tertiary/aromatic N) is 3. The van der Waals surface area contributed by atoms with Gasteiger partial charge in [0.25, 0.3) is 0 Å². The molecule has 1 aliphatic heterocycles. The molecule has 2 N–H and O–H groups in total. The lowest BCUT2D eigenvalue weighted by Gasteiger charge is -2.23. The summed E-state index contributed by atoms with van der Waals surface area (Å²) in [5.41, 5.74) is 5.28. The number of nitrogens with one attached hydrogen (secondary N) is 1. The van der Waals surface area contributed by atoms with Gasteiger partial charge in [-0.05, 0) is 81.0 Å². The van der Waals surface area contributed by atoms with E-state index in [1.165, 1.54) is 0 Å². The highest BCUT2D eigenvalue weighted by Gasteiger charge is 2.27. The van der Waals surface area contributed by atoms with Crippen molar-refractivity contribution in [3.63, 3.8) is 0 Å². The van der Waals surface area contributed by atoms with Crippen molar-refractivity contribution < 1.29 is 19.5 Å². The average molecular weight is 613 g/mol. The molecule has 1 unspecified atom stereocenters. The van der Waals surface area contributed by atoms with Crippen LogP contribution < -0.4 is 5.32 Å². The summed E-state index contributed by atoms with van der Waals surface area (Å²) in [7, 11) is 0. The van der Waals surface area contributed by atoms with E-state index in [9.17, 15) is 14.8 Å². The average Bonchev–Trinajstić information content (AvgIpc) is 3.14. The molecule has 0 spiro atoms. The Morgan fingerprint density at radius 3 is 2.42 bits per heavy atom. The number of rotatable bonds is 16. The first kappa shape index (κ1) is 36.5. The molecular formula is C37H48N4O4. The molecular weight excluding hydrogens is 564 g/mol. The first-order valence-electron chi connectivity index (χ1n) is 15.4. The van der Waals surface area contributed by atoms with Crippen LogP contribution in [0, 0.1) is 5.92 Å². The Balaban J connectivity index is 2.49.